The molecule has 0 fully saturated rings. The molecule has 5 heteroatoms. The van der Waals surface area contributed by atoms with E-state index in [0.29, 0.717) is 4.77 Å². The largest absolute Gasteiger partial charge is 0.359 e. The van der Waals surface area contributed by atoms with Crippen molar-refractivity contribution in [2.75, 3.05) is 0 Å². The second kappa shape index (κ2) is 8.32. The van der Waals surface area contributed by atoms with Crippen molar-refractivity contribution in [3.63, 3.8) is 0 Å². The van der Waals surface area contributed by atoms with Gasteiger partial charge in [-0.15, -0.1) is 9.97 Å². The fraction of sp³-hybridized carbons (Fsp3) is 0.647. The van der Waals surface area contributed by atoms with Crippen molar-refractivity contribution in [1.82, 2.24) is 15.0 Å². The maximum atomic E-state index is 5.07. The molecule has 22 heavy (non-hydrogen) atoms. The van der Waals surface area contributed by atoms with E-state index in [9.17, 15) is 0 Å². The lowest BCUT2D eigenvalue weighted by molar-refractivity contribution is -0.529. The van der Waals surface area contributed by atoms with Gasteiger partial charge in [-0.25, -0.2) is 4.98 Å². The van der Waals surface area contributed by atoms with Crippen LogP contribution in [0.4, 0.5) is 0 Å². The average molecular weight is 319 g/mol. The van der Waals surface area contributed by atoms with Crippen LogP contribution in [0, 0.1) is 18.6 Å². The van der Waals surface area contributed by atoms with Crippen LogP contribution in [0.25, 0.3) is 5.78 Å². The van der Waals surface area contributed by atoms with Gasteiger partial charge in [0.2, 0.25) is 6.33 Å². The van der Waals surface area contributed by atoms with E-state index in [0.717, 1.165) is 17.9 Å². The second-order valence-electron chi connectivity index (χ2n) is 6.00. The summed E-state index contributed by atoms with van der Waals surface area (Å²) >= 11 is 5.07. The molecule has 0 spiro atoms. The summed E-state index contributed by atoms with van der Waals surface area (Å²) in [5, 5.41) is 0. The van der Waals surface area contributed by atoms with E-state index in [1.807, 2.05) is 4.40 Å². The zero-order valence-corrected chi connectivity index (χ0v) is 14.8. The van der Waals surface area contributed by atoms with Gasteiger partial charge >= 0.3 is 10.5 Å². The minimum atomic E-state index is 0.478. The Morgan fingerprint density at radius 2 is 1.77 bits per heavy atom. The molecule has 2 heterocycles. The van der Waals surface area contributed by atoms with E-state index in [-0.39, 0.29) is 0 Å². The zero-order valence-electron chi connectivity index (χ0n) is 14.0. The van der Waals surface area contributed by atoms with Crippen LogP contribution < -0.4 is 4.40 Å². The lowest BCUT2D eigenvalue weighted by Crippen LogP contribution is -2.31. The lowest BCUT2D eigenvalue weighted by atomic mass is 10.0. The predicted octanol–water partition coefficient (Wildman–Crippen LogP) is 4.18. The van der Waals surface area contributed by atoms with Crippen molar-refractivity contribution in [2.24, 2.45) is 0 Å². The summed E-state index contributed by atoms with van der Waals surface area (Å²) in [7, 11) is 0. The first-order valence-electron chi connectivity index (χ1n) is 8.40. The van der Waals surface area contributed by atoms with Crippen molar-refractivity contribution in [2.45, 2.75) is 72.1 Å². The number of hydrogen-bond acceptors (Lipinski definition) is 3. The summed E-state index contributed by atoms with van der Waals surface area (Å²) in [6, 6.07) is 0. The highest BCUT2D eigenvalue weighted by Gasteiger charge is 2.14. The first-order valence-corrected chi connectivity index (χ1v) is 8.81. The van der Waals surface area contributed by atoms with Crippen LogP contribution in [0.1, 0.15) is 68.8 Å². The first kappa shape index (κ1) is 17.0. The Balaban J connectivity index is 1.99. The van der Waals surface area contributed by atoms with Gasteiger partial charge in [0.25, 0.3) is 0 Å². The van der Waals surface area contributed by atoms with E-state index in [2.05, 4.69) is 35.7 Å². The lowest BCUT2D eigenvalue weighted by Gasteiger charge is -2.08. The Morgan fingerprint density at radius 3 is 2.50 bits per heavy atom. The topological polar surface area (TPSA) is 45.7 Å². The number of hydrogen-bond donors (Lipinski definition) is 1. The molecule has 0 atom stereocenters. The molecule has 1 N–H and O–H groups in total. The summed E-state index contributed by atoms with van der Waals surface area (Å²) in [4.78, 5) is 11.8. The maximum absolute atomic E-state index is 5.07. The van der Waals surface area contributed by atoms with Gasteiger partial charge in [0.1, 0.15) is 5.69 Å². The molecular weight excluding hydrogens is 292 g/mol. The van der Waals surface area contributed by atoms with E-state index in [4.69, 9.17) is 12.2 Å². The van der Waals surface area contributed by atoms with Crippen molar-refractivity contribution >= 4 is 18.0 Å². The smallest absolute Gasteiger partial charge is 0.226 e. The summed E-state index contributed by atoms with van der Waals surface area (Å²) in [5.41, 5.74) is 3.66. The molecule has 0 amide bonds. The quantitative estimate of drug-likeness (QED) is 0.451. The summed E-state index contributed by atoms with van der Waals surface area (Å²) in [5.74, 6) is 0.776. The van der Waals surface area contributed by atoms with Gasteiger partial charge < -0.3 is 0 Å². The fourth-order valence-electron chi connectivity index (χ4n) is 2.93. The average Bonchev–Trinajstić information content (AvgIpc) is 2.48. The van der Waals surface area contributed by atoms with Crippen molar-refractivity contribution in [1.29, 1.82) is 0 Å². The van der Waals surface area contributed by atoms with E-state index >= 15 is 0 Å². The molecule has 0 aliphatic rings. The molecule has 0 aliphatic heterocycles. The Bertz CT molecular complexity index is 678. The number of aromatic amines is 1. The Labute approximate surface area is 138 Å². The molecule has 2 aromatic rings. The van der Waals surface area contributed by atoms with Gasteiger partial charge in [-0.3, -0.25) is 0 Å². The standard InChI is InChI=1S/C17H26N4S/c1-4-5-6-7-8-9-10-11-15-13(2)19-16-20-17(22)18-12-21(16)14(15)3/h12H,4-11H2,1-3H3/p+1. The number of H-pyrrole nitrogens is 1. The molecule has 0 bridgehead atoms. The van der Waals surface area contributed by atoms with Crippen LogP contribution in [-0.4, -0.2) is 15.0 Å². The molecule has 0 saturated heterocycles. The van der Waals surface area contributed by atoms with Crippen LogP contribution >= 0.6 is 12.2 Å². The number of nitrogens with zero attached hydrogens (tertiary/aromatic N) is 3. The molecule has 0 unspecified atom stereocenters. The minimum absolute atomic E-state index is 0.478. The normalized spacial score (nSPS) is 11.2. The SMILES string of the molecule is CCCCCCCCCc1c(C)nc2[nH]c(=S)nc[n+]2c1C. The molecule has 0 aliphatic carbocycles. The molecule has 2 rings (SSSR count). The highest BCUT2D eigenvalue weighted by molar-refractivity contribution is 7.71. The summed E-state index contributed by atoms with van der Waals surface area (Å²) < 4.78 is 2.48. The highest BCUT2D eigenvalue weighted by atomic mass is 32.1. The van der Waals surface area contributed by atoms with Gasteiger partial charge in [-0.2, -0.15) is 4.40 Å². The number of unbranched alkanes of at least 4 members (excludes halogenated alkanes) is 6. The number of aryl methyl sites for hydroxylation is 2. The fourth-order valence-corrected chi connectivity index (χ4v) is 3.07. The Hall–Kier alpha value is -1.36. The van der Waals surface area contributed by atoms with Gasteiger partial charge in [0.05, 0.1) is 5.69 Å². The summed E-state index contributed by atoms with van der Waals surface area (Å²) in [6.45, 7) is 6.48. The van der Waals surface area contributed by atoms with Gasteiger partial charge in [-0.1, -0.05) is 45.4 Å². The number of aromatic nitrogens is 4. The van der Waals surface area contributed by atoms with Crippen LogP contribution in [0.2, 0.25) is 0 Å². The molecule has 0 aromatic carbocycles. The number of rotatable bonds is 8. The van der Waals surface area contributed by atoms with Crippen LogP contribution in [0.15, 0.2) is 6.33 Å². The monoisotopic (exact) mass is 319 g/mol. The van der Waals surface area contributed by atoms with Crippen molar-refractivity contribution < 1.29 is 4.40 Å². The number of fused-ring (bicyclic) bond motifs is 1. The minimum Gasteiger partial charge on any atom is -0.226 e. The molecular formula is C17H27N4S+. The Kier molecular flexibility index (Phi) is 6.43. The molecule has 0 radical (unpaired) electrons. The first-order chi connectivity index (χ1) is 10.6. The van der Waals surface area contributed by atoms with E-state index in [1.165, 1.54) is 56.2 Å². The third kappa shape index (κ3) is 4.32. The summed E-state index contributed by atoms with van der Waals surface area (Å²) in [6.07, 6.45) is 12.2. The third-order valence-electron chi connectivity index (χ3n) is 4.28. The number of nitrogens with one attached hydrogen (secondary N) is 1. The van der Waals surface area contributed by atoms with Crippen molar-refractivity contribution in [3.05, 3.63) is 28.0 Å². The highest BCUT2D eigenvalue weighted by Crippen LogP contribution is 2.14. The van der Waals surface area contributed by atoms with Crippen LogP contribution in [0.5, 0.6) is 0 Å². The molecule has 2 aromatic heterocycles. The zero-order chi connectivity index (χ0) is 15.9. The Morgan fingerprint density at radius 1 is 1.09 bits per heavy atom. The van der Waals surface area contributed by atoms with Gasteiger partial charge in [0.15, 0.2) is 0 Å². The van der Waals surface area contributed by atoms with Crippen LogP contribution in [-0.2, 0) is 6.42 Å². The second-order valence-corrected chi connectivity index (χ2v) is 6.39. The predicted molar refractivity (Wildman–Crippen MR) is 91.5 cm³/mol. The van der Waals surface area contributed by atoms with E-state index < -0.39 is 0 Å². The van der Waals surface area contributed by atoms with Gasteiger partial charge in [-0.05, 0) is 38.9 Å². The van der Waals surface area contributed by atoms with Gasteiger partial charge in [0, 0.05) is 5.56 Å². The molecule has 4 nitrogen and oxygen atoms in total. The van der Waals surface area contributed by atoms with Crippen molar-refractivity contribution in [3.8, 4) is 0 Å². The third-order valence-corrected chi connectivity index (χ3v) is 4.48. The maximum Gasteiger partial charge on any atom is 0.359 e. The molecule has 120 valence electrons. The van der Waals surface area contributed by atoms with E-state index in [1.54, 1.807) is 6.33 Å². The van der Waals surface area contributed by atoms with Crippen LogP contribution in [0.3, 0.4) is 0 Å². The molecule has 0 saturated carbocycles.